The van der Waals surface area contributed by atoms with Gasteiger partial charge >= 0.3 is 6.03 Å². The standard InChI is InChI=1S/C17H18N2O4/c1-21-14-7-3-2-6-13(14)19-17(20)18-10-12-11-22-15-8-4-5-9-16(15)23-12/h2-9,12H,10-11H2,1H3,(H2,18,19,20)/t12-/m1/s1. The van der Waals surface area contributed by atoms with E-state index in [0.717, 1.165) is 5.75 Å². The Hall–Kier alpha value is -2.89. The number of benzene rings is 2. The molecule has 3 rings (SSSR count). The number of carbonyl (C=O) groups excluding carboxylic acids is 1. The normalized spacial score (nSPS) is 15.6. The van der Waals surface area contributed by atoms with Gasteiger partial charge in [0.15, 0.2) is 17.6 Å². The van der Waals surface area contributed by atoms with Crippen LogP contribution in [0.4, 0.5) is 10.5 Å². The second-order valence-corrected chi connectivity index (χ2v) is 5.03. The molecule has 0 aliphatic carbocycles. The summed E-state index contributed by atoms with van der Waals surface area (Å²) in [4.78, 5) is 12.0. The van der Waals surface area contributed by atoms with Crippen LogP contribution >= 0.6 is 0 Å². The first-order valence-corrected chi connectivity index (χ1v) is 7.32. The summed E-state index contributed by atoms with van der Waals surface area (Å²) in [6.45, 7) is 0.737. The summed E-state index contributed by atoms with van der Waals surface area (Å²) < 4.78 is 16.6. The molecule has 2 N–H and O–H groups in total. The molecule has 1 atom stereocenters. The molecule has 1 aliphatic heterocycles. The molecule has 6 nitrogen and oxygen atoms in total. The molecule has 1 heterocycles. The number of methoxy groups -OCH3 is 1. The molecular formula is C17H18N2O4. The van der Waals surface area contributed by atoms with E-state index in [9.17, 15) is 4.79 Å². The molecule has 0 unspecified atom stereocenters. The van der Waals surface area contributed by atoms with Gasteiger partial charge in [-0.25, -0.2) is 4.79 Å². The van der Waals surface area contributed by atoms with E-state index in [4.69, 9.17) is 14.2 Å². The van der Waals surface area contributed by atoms with Crippen LogP contribution in [0.2, 0.25) is 0 Å². The lowest BCUT2D eigenvalue weighted by atomic mass is 10.2. The molecule has 2 aromatic rings. The third kappa shape index (κ3) is 3.66. The molecule has 0 spiro atoms. The smallest absolute Gasteiger partial charge is 0.319 e. The maximum Gasteiger partial charge on any atom is 0.319 e. The van der Waals surface area contributed by atoms with E-state index in [-0.39, 0.29) is 12.1 Å². The van der Waals surface area contributed by atoms with Crippen LogP contribution in [0.5, 0.6) is 17.2 Å². The summed E-state index contributed by atoms with van der Waals surface area (Å²) in [5, 5.41) is 5.52. The number of amides is 2. The molecule has 2 amide bonds. The van der Waals surface area contributed by atoms with Gasteiger partial charge in [0.1, 0.15) is 12.4 Å². The fourth-order valence-electron chi connectivity index (χ4n) is 2.28. The SMILES string of the molecule is COc1ccccc1NC(=O)NC[C@@H]1COc2ccccc2O1. The van der Waals surface area contributed by atoms with Crippen LogP contribution in [0.15, 0.2) is 48.5 Å². The molecule has 0 bridgehead atoms. The van der Waals surface area contributed by atoms with Crippen LogP contribution in [0.1, 0.15) is 0 Å². The molecule has 6 heteroatoms. The van der Waals surface area contributed by atoms with Gasteiger partial charge in [0.25, 0.3) is 0 Å². The Morgan fingerprint density at radius 3 is 2.74 bits per heavy atom. The Morgan fingerprint density at radius 2 is 1.91 bits per heavy atom. The zero-order valence-corrected chi connectivity index (χ0v) is 12.7. The van der Waals surface area contributed by atoms with Crippen molar-refractivity contribution in [3.63, 3.8) is 0 Å². The number of hydrogen-bond donors (Lipinski definition) is 2. The summed E-state index contributed by atoms with van der Waals surface area (Å²) in [7, 11) is 1.56. The molecule has 0 aromatic heterocycles. The van der Waals surface area contributed by atoms with Gasteiger partial charge in [-0.15, -0.1) is 0 Å². The minimum absolute atomic E-state index is 0.228. The average Bonchev–Trinajstić information content (AvgIpc) is 2.60. The average molecular weight is 314 g/mol. The number of para-hydroxylation sites is 4. The minimum atomic E-state index is -0.322. The number of carbonyl (C=O) groups is 1. The summed E-state index contributed by atoms with van der Waals surface area (Å²) in [6.07, 6.45) is -0.228. The Labute approximate surface area is 134 Å². The fraction of sp³-hybridized carbons (Fsp3) is 0.235. The van der Waals surface area contributed by atoms with E-state index in [1.807, 2.05) is 36.4 Å². The molecule has 0 saturated carbocycles. The van der Waals surface area contributed by atoms with E-state index < -0.39 is 0 Å². The molecule has 23 heavy (non-hydrogen) atoms. The van der Waals surface area contributed by atoms with Crippen molar-refractivity contribution < 1.29 is 19.0 Å². The van der Waals surface area contributed by atoms with Gasteiger partial charge in [-0.3, -0.25) is 0 Å². The lowest BCUT2D eigenvalue weighted by molar-refractivity contribution is 0.0922. The Kier molecular flexibility index (Phi) is 4.52. The predicted octanol–water partition coefficient (Wildman–Crippen LogP) is 2.66. The van der Waals surface area contributed by atoms with Crippen molar-refractivity contribution in [3.8, 4) is 17.2 Å². The second-order valence-electron chi connectivity index (χ2n) is 5.03. The summed E-state index contributed by atoms with van der Waals surface area (Å²) in [5.41, 5.74) is 0.610. The van der Waals surface area contributed by atoms with Gasteiger partial charge in [0.05, 0.1) is 19.3 Å². The van der Waals surface area contributed by atoms with Crippen molar-refractivity contribution in [1.82, 2.24) is 5.32 Å². The first kappa shape index (κ1) is 15.0. The van der Waals surface area contributed by atoms with Crippen LogP contribution < -0.4 is 24.8 Å². The van der Waals surface area contributed by atoms with Crippen molar-refractivity contribution in [1.29, 1.82) is 0 Å². The van der Waals surface area contributed by atoms with E-state index in [1.165, 1.54) is 0 Å². The summed E-state index contributed by atoms with van der Waals surface area (Å²) in [6, 6.07) is 14.4. The lowest BCUT2D eigenvalue weighted by Gasteiger charge is -2.26. The highest BCUT2D eigenvalue weighted by Crippen LogP contribution is 2.30. The summed E-state index contributed by atoms with van der Waals surface area (Å²) >= 11 is 0. The monoisotopic (exact) mass is 314 g/mol. The van der Waals surface area contributed by atoms with Crippen LogP contribution in [0, 0.1) is 0 Å². The number of ether oxygens (including phenoxy) is 3. The largest absolute Gasteiger partial charge is 0.495 e. The molecular weight excluding hydrogens is 296 g/mol. The maximum absolute atomic E-state index is 12.0. The van der Waals surface area contributed by atoms with Crippen molar-refractivity contribution in [2.45, 2.75) is 6.10 Å². The predicted molar refractivity (Wildman–Crippen MR) is 86.4 cm³/mol. The van der Waals surface area contributed by atoms with Crippen LogP contribution in [-0.4, -0.2) is 32.4 Å². The fourth-order valence-corrected chi connectivity index (χ4v) is 2.28. The molecule has 0 radical (unpaired) electrons. The highest BCUT2D eigenvalue weighted by Gasteiger charge is 2.21. The number of fused-ring (bicyclic) bond motifs is 1. The van der Waals surface area contributed by atoms with Gasteiger partial charge in [-0.05, 0) is 24.3 Å². The highest BCUT2D eigenvalue weighted by atomic mass is 16.6. The van der Waals surface area contributed by atoms with Crippen molar-refractivity contribution in [3.05, 3.63) is 48.5 Å². The topological polar surface area (TPSA) is 68.8 Å². The lowest BCUT2D eigenvalue weighted by Crippen LogP contribution is -2.42. The first-order valence-electron chi connectivity index (χ1n) is 7.32. The molecule has 0 fully saturated rings. The van der Waals surface area contributed by atoms with Gasteiger partial charge in [-0.2, -0.15) is 0 Å². The quantitative estimate of drug-likeness (QED) is 0.910. The third-order valence-electron chi connectivity index (χ3n) is 3.41. The Balaban J connectivity index is 1.52. The molecule has 0 saturated heterocycles. The van der Waals surface area contributed by atoms with E-state index in [1.54, 1.807) is 19.2 Å². The van der Waals surface area contributed by atoms with Crippen LogP contribution in [0.3, 0.4) is 0 Å². The van der Waals surface area contributed by atoms with Crippen LogP contribution in [0.25, 0.3) is 0 Å². The molecule has 2 aromatic carbocycles. The zero-order valence-electron chi connectivity index (χ0n) is 12.7. The van der Waals surface area contributed by atoms with Crippen molar-refractivity contribution >= 4 is 11.7 Å². The number of urea groups is 1. The van der Waals surface area contributed by atoms with E-state index >= 15 is 0 Å². The third-order valence-corrected chi connectivity index (χ3v) is 3.41. The van der Waals surface area contributed by atoms with Gasteiger partial charge < -0.3 is 24.8 Å². The van der Waals surface area contributed by atoms with E-state index in [0.29, 0.717) is 30.3 Å². The van der Waals surface area contributed by atoms with Crippen molar-refractivity contribution in [2.75, 3.05) is 25.6 Å². The van der Waals surface area contributed by atoms with Gasteiger partial charge in [0.2, 0.25) is 0 Å². The molecule has 1 aliphatic rings. The van der Waals surface area contributed by atoms with Crippen LogP contribution in [-0.2, 0) is 0 Å². The number of rotatable bonds is 4. The second kappa shape index (κ2) is 6.91. The molecule has 120 valence electrons. The maximum atomic E-state index is 12.0. The van der Waals surface area contributed by atoms with Gasteiger partial charge in [0, 0.05) is 0 Å². The Morgan fingerprint density at radius 1 is 1.17 bits per heavy atom. The number of nitrogens with one attached hydrogen (secondary N) is 2. The van der Waals surface area contributed by atoms with Crippen molar-refractivity contribution in [2.24, 2.45) is 0 Å². The highest BCUT2D eigenvalue weighted by molar-refractivity contribution is 5.90. The zero-order chi connectivity index (χ0) is 16.1. The number of hydrogen-bond acceptors (Lipinski definition) is 4. The summed E-state index contributed by atoms with van der Waals surface area (Å²) in [5.74, 6) is 2.02. The van der Waals surface area contributed by atoms with E-state index in [2.05, 4.69) is 10.6 Å². The minimum Gasteiger partial charge on any atom is -0.495 e. The Bertz CT molecular complexity index is 690. The van der Waals surface area contributed by atoms with Gasteiger partial charge in [-0.1, -0.05) is 24.3 Å². The first-order chi connectivity index (χ1) is 11.3. The number of anilines is 1.